The Kier molecular flexibility index (Phi) is 4.44. The molecule has 1 saturated heterocycles. The molecule has 0 bridgehead atoms. The van der Waals surface area contributed by atoms with Gasteiger partial charge in [-0.2, -0.15) is 5.10 Å². The van der Waals surface area contributed by atoms with Crippen molar-refractivity contribution in [2.24, 2.45) is 0 Å². The van der Waals surface area contributed by atoms with Crippen LogP contribution in [0.2, 0.25) is 0 Å². The lowest BCUT2D eigenvalue weighted by Gasteiger charge is -2.31. The predicted octanol–water partition coefficient (Wildman–Crippen LogP) is 2.90. The van der Waals surface area contributed by atoms with Crippen molar-refractivity contribution in [3.8, 4) is 0 Å². The fraction of sp³-hybridized carbons (Fsp3) is 0.474. The molecule has 6 nitrogen and oxygen atoms in total. The van der Waals surface area contributed by atoms with Crippen molar-refractivity contribution in [1.82, 2.24) is 19.7 Å². The monoisotopic (exact) mass is 340 g/mol. The molecule has 4 rings (SSSR count). The van der Waals surface area contributed by atoms with E-state index in [9.17, 15) is 4.79 Å². The van der Waals surface area contributed by atoms with Gasteiger partial charge in [-0.05, 0) is 57.5 Å². The Labute approximate surface area is 146 Å². The van der Waals surface area contributed by atoms with Gasteiger partial charge in [-0.15, -0.1) is 0 Å². The first-order valence-electron chi connectivity index (χ1n) is 9.03. The number of nitrogens with zero attached hydrogens (tertiary/aromatic N) is 3. The number of aromatic amines is 1. The number of hydrogen-bond acceptors (Lipinski definition) is 4. The molecule has 6 heteroatoms. The van der Waals surface area contributed by atoms with Crippen molar-refractivity contribution < 1.29 is 4.42 Å². The van der Waals surface area contributed by atoms with Crippen LogP contribution in [0, 0.1) is 6.92 Å². The Morgan fingerprint density at radius 1 is 1.32 bits per heavy atom. The summed E-state index contributed by atoms with van der Waals surface area (Å²) in [5, 5.41) is 7.48. The van der Waals surface area contributed by atoms with Gasteiger partial charge in [0.05, 0.1) is 11.2 Å². The minimum atomic E-state index is -0.260. The molecule has 25 heavy (non-hydrogen) atoms. The number of benzene rings is 1. The summed E-state index contributed by atoms with van der Waals surface area (Å²) in [6.45, 7) is 5.90. The molecule has 1 aromatic carbocycles. The number of aromatic nitrogens is 3. The zero-order valence-corrected chi connectivity index (χ0v) is 14.6. The fourth-order valence-electron chi connectivity index (χ4n) is 3.83. The van der Waals surface area contributed by atoms with E-state index in [4.69, 9.17) is 4.42 Å². The maximum absolute atomic E-state index is 12.0. The lowest BCUT2D eigenvalue weighted by molar-refractivity contribution is 0.201. The summed E-state index contributed by atoms with van der Waals surface area (Å²) in [5.41, 5.74) is 3.85. The molecule has 0 radical (unpaired) electrons. The molecule has 0 aliphatic carbocycles. The molecule has 0 spiro atoms. The first kappa shape index (κ1) is 16.1. The average molecular weight is 340 g/mol. The number of likely N-dealkylation sites (tertiary alicyclic amines) is 1. The van der Waals surface area contributed by atoms with Gasteiger partial charge in [0.2, 0.25) is 0 Å². The summed E-state index contributed by atoms with van der Waals surface area (Å²) in [5.74, 6) is 0.251. The fourth-order valence-corrected chi connectivity index (χ4v) is 3.83. The van der Waals surface area contributed by atoms with Crippen molar-refractivity contribution in [3.63, 3.8) is 0 Å². The second-order valence-corrected chi connectivity index (χ2v) is 6.96. The highest BCUT2D eigenvalue weighted by Gasteiger charge is 2.22. The Hall–Kier alpha value is -2.34. The van der Waals surface area contributed by atoms with Crippen LogP contribution in [0.15, 0.2) is 39.5 Å². The first-order chi connectivity index (χ1) is 12.2. The third-order valence-electron chi connectivity index (χ3n) is 5.08. The molecule has 2 aromatic heterocycles. The molecule has 1 fully saturated rings. The highest BCUT2D eigenvalue weighted by atomic mass is 16.4. The highest BCUT2D eigenvalue weighted by molar-refractivity contribution is 5.72. The van der Waals surface area contributed by atoms with Gasteiger partial charge in [-0.25, -0.2) is 4.79 Å². The van der Waals surface area contributed by atoms with Crippen LogP contribution in [0.3, 0.4) is 0 Å². The van der Waals surface area contributed by atoms with E-state index >= 15 is 0 Å². The number of aryl methyl sites for hydroxylation is 2. The number of hydrogen-bond donors (Lipinski definition) is 1. The molecular formula is C19H24N4O2. The summed E-state index contributed by atoms with van der Waals surface area (Å²) in [7, 11) is 0. The molecule has 1 unspecified atom stereocenters. The minimum Gasteiger partial charge on any atom is -0.408 e. The van der Waals surface area contributed by atoms with Crippen molar-refractivity contribution in [3.05, 3.63) is 52.3 Å². The molecule has 3 heterocycles. The molecule has 132 valence electrons. The largest absolute Gasteiger partial charge is 0.419 e. The number of oxazole rings is 1. The van der Waals surface area contributed by atoms with Gasteiger partial charge < -0.3 is 9.32 Å². The van der Waals surface area contributed by atoms with Crippen molar-refractivity contribution in [2.45, 2.75) is 38.6 Å². The summed E-state index contributed by atoms with van der Waals surface area (Å²) in [4.78, 5) is 14.5. The maximum atomic E-state index is 12.0. The normalized spacial score (nSPS) is 18.8. The standard InChI is InChI=1S/C19H24N4O2/c1-14-12-16(21-20-14)15-6-4-9-22(13-15)10-5-11-23-17-7-2-3-8-18(17)25-19(23)24/h2-3,7-8,12,15H,4-6,9-11,13H2,1H3,(H,20,21). The number of para-hydroxylation sites is 2. The third kappa shape index (κ3) is 3.39. The van der Waals surface area contributed by atoms with E-state index < -0.39 is 0 Å². The topological polar surface area (TPSA) is 67.1 Å². The zero-order chi connectivity index (χ0) is 17.2. The zero-order valence-electron chi connectivity index (χ0n) is 14.6. The summed E-state index contributed by atoms with van der Waals surface area (Å²) < 4.78 is 7.04. The average Bonchev–Trinajstić information content (AvgIpc) is 3.19. The molecule has 1 aliphatic heterocycles. The highest BCUT2D eigenvalue weighted by Crippen LogP contribution is 2.26. The van der Waals surface area contributed by atoms with Crippen molar-refractivity contribution in [2.75, 3.05) is 19.6 Å². The van der Waals surface area contributed by atoms with E-state index in [1.54, 1.807) is 4.57 Å². The summed E-state index contributed by atoms with van der Waals surface area (Å²) in [6, 6.07) is 9.77. The number of nitrogens with one attached hydrogen (secondary N) is 1. The van der Waals surface area contributed by atoms with Crippen molar-refractivity contribution >= 4 is 11.1 Å². The number of H-pyrrole nitrogens is 1. The molecular weight excluding hydrogens is 316 g/mol. The smallest absolute Gasteiger partial charge is 0.408 e. The van der Waals surface area contributed by atoms with Gasteiger partial charge in [0.1, 0.15) is 0 Å². The van der Waals surface area contributed by atoms with Gasteiger partial charge in [0.15, 0.2) is 5.58 Å². The van der Waals surface area contributed by atoms with E-state index in [0.29, 0.717) is 18.0 Å². The SMILES string of the molecule is Cc1cc(C2CCCN(CCCn3c(=O)oc4ccccc43)C2)n[nH]1. The third-order valence-corrected chi connectivity index (χ3v) is 5.08. The van der Waals surface area contributed by atoms with Gasteiger partial charge in [0, 0.05) is 24.7 Å². The second kappa shape index (κ2) is 6.88. The lowest BCUT2D eigenvalue weighted by Crippen LogP contribution is -2.35. The predicted molar refractivity (Wildman–Crippen MR) is 96.8 cm³/mol. The Balaban J connectivity index is 1.36. The number of rotatable bonds is 5. The first-order valence-corrected chi connectivity index (χ1v) is 9.03. The molecule has 1 aliphatic rings. The molecule has 1 N–H and O–H groups in total. The van der Waals surface area contributed by atoms with Gasteiger partial charge in [-0.1, -0.05) is 12.1 Å². The Morgan fingerprint density at radius 2 is 2.20 bits per heavy atom. The number of piperidine rings is 1. The van der Waals surface area contributed by atoms with E-state index in [1.807, 2.05) is 31.2 Å². The van der Waals surface area contributed by atoms with Crippen LogP contribution in [0.5, 0.6) is 0 Å². The van der Waals surface area contributed by atoms with Crippen LogP contribution >= 0.6 is 0 Å². The lowest BCUT2D eigenvalue weighted by atomic mass is 9.94. The Morgan fingerprint density at radius 3 is 3.04 bits per heavy atom. The summed E-state index contributed by atoms with van der Waals surface area (Å²) >= 11 is 0. The van der Waals surface area contributed by atoms with Crippen molar-refractivity contribution in [1.29, 1.82) is 0 Å². The minimum absolute atomic E-state index is 0.260. The van der Waals surface area contributed by atoms with Crippen LogP contribution < -0.4 is 5.76 Å². The summed E-state index contributed by atoms with van der Waals surface area (Å²) in [6.07, 6.45) is 3.34. The van der Waals surface area contributed by atoms with Gasteiger partial charge in [-0.3, -0.25) is 9.67 Å². The van der Waals surface area contributed by atoms with Crippen LogP contribution in [-0.4, -0.2) is 39.3 Å². The second-order valence-electron chi connectivity index (χ2n) is 6.96. The van der Waals surface area contributed by atoms with E-state index in [-0.39, 0.29) is 5.76 Å². The van der Waals surface area contributed by atoms with Crippen LogP contribution in [0.4, 0.5) is 0 Å². The van der Waals surface area contributed by atoms with E-state index in [2.05, 4.69) is 21.2 Å². The van der Waals surface area contributed by atoms with Gasteiger partial charge >= 0.3 is 5.76 Å². The molecule has 1 atom stereocenters. The molecule has 0 amide bonds. The Bertz CT molecular complexity index is 907. The number of fused-ring (bicyclic) bond motifs is 1. The van der Waals surface area contributed by atoms with Gasteiger partial charge in [0.25, 0.3) is 0 Å². The molecule has 3 aromatic rings. The van der Waals surface area contributed by atoms with Crippen LogP contribution in [0.1, 0.15) is 36.6 Å². The quantitative estimate of drug-likeness (QED) is 0.775. The van der Waals surface area contributed by atoms with E-state index in [0.717, 1.165) is 37.3 Å². The molecule has 0 saturated carbocycles. The van der Waals surface area contributed by atoms with Crippen LogP contribution in [0.25, 0.3) is 11.1 Å². The van der Waals surface area contributed by atoms with Crippen LogP contribution in [-0.2, 0) is 6.54 Å². The maximum Gasteiger partial charge on any atom is 0.419 e. The van der Waals surface area contributed by atoms with E-state index in [1.165, 1.54) is 18.5 Å².